The summed E-state index contributed by atoms with van der Waals surface area (Å²) in [7, 11) is 2.11. The Morgan fingerprint density at radius 2 is 1.65 bits per heavy atom. The van der Waals surface area contributed by atoms with Crippen LogP contribution in [-0.4, -0.2) is 60.7 Å². The highest BCUT2D eigenvalue weighted by atomic mass is 16.2. The molecule has 148 valence electrons. The molecule has 0 fully saturated rings. The minimum Gasteiger partial charge on any atom is -0.356 e. The molecule has 1 aliphatic rings. The molecule has 0 aromatic heterocycles. The number of nitrogens with zero attached hydrogens (tertiary/aromatic N) is 2. The second-order valence-electron chi connectivity index (χ2n) is 6.52. The van der Waals surface area contributed by atoms with Crippen molar-refractivity contribution in [2.24, 2.45) is 0 Å². The number of hydrogen-bond donors (Lipinski definition) is 1. The highest BCUT2D eigenvalue weighted by molar-refractivity contribution is 6.13. The lowest BCUT2D eigenvalue weighted by Crippen LogP contribution is -2.34. The van der Waals surface area contributed by atoms with Crippen LogP contribution in [0, 0.1) is 0 Å². The summed E-state index contributed by atoms with van der Waals surface area (Å²) in [6.07, 6.45) is 6.71. The predicted octanol–water partition coefficient (Wildman–Crippen LogP) is 2.51. The molecule has 26 heavy (non-hydrogen) atoms. The zero-order valence-electron chi connectivity index (χ0n) is 16.8. The Morgan fingerprint density at radius 3 is 2.12 bits per heavy atom. The first-order valence-electron chi connectivity index (χ1n) is 9.44. The molecule has 0 saturated carbocycles. The third kappa shape index (κ3) is 11.6. The Bertz CT molecular complexity index is 479. The lowest BCUT2D eigenvalue weighted by atomic mass is 10.1. The number of imide groups is 1. The summed E-state index contributed by atoms with van der Waals surface area (Å²) in [6, 6.07) is 0. The molecule has 1 heterocycles. The molecule has 1 rings (SSSR count). The van der Waals surface area contributed by atoms with Gasteiger partial charge in [0.15, 0.2) is 0 Å². The van der Waals surface area contributed by atoms with Crippen LogP contribution < -0.4 is 5.32 Å². The average molecular weight is 366 g/mol. The lowest BCUT2D eigenvalue weighted by Gasteiger charge is -2.13. The van der Waals surface area contributed by atoms with Crippen molar-refractivity contribution in [3.05, 3.63) is 24.3 Å². The smallest absolute Gasteiger partial charge is 0.253 e. The highest BCUT2D eigenvalue weighted by Crippen LogP contribution is 2.06. The maximum atomic E-state index is 11.6. The quantitative estimate of drug-likeness (QED) is 0.347. The normalized spacial score (nSPS) is 13.0. The highest BCUT2D eigenvalue weighted by Gasteiger charge is 2.23. The predicted molar refractivity (Wildman–Crippen MR) is 106 cm³/mol. The van der Waals surface area contributed by atoms with E-state index in [9.17, 15) is 14.4 Å². The number of rotatable bonds is 11. The van der Waals surface area contributed by atoms with Gasteiger partial charge in [0.05, 0.1) is 0 Å². The fourth-order valence-corrected chi connectivity index (χ4v) is 2.13. The molecule has 0 aliphatic carbocycles. The van der Waals surface area contributed by atoms with Gasteiger partial charge in [0.1, 0.15) is 0 Å². The van der Waals surface area contributed by atoms with E-state index in [4.69, 9.17) is 0 Å². The van der Waals surface area contributed by atoms with E-state index in [1.807, 2.05) is 6.92 Å². The van der Waals surface area contributed by atoms with Crippen LogP contribution in [-0.2, 0) is 14.4 Å². The molecule has 1 N–H and O–H groups in total. The largest absolute Gasteiger partial charge is 0.356 e. The van der Waals surface area contributed by atoms with Crippen molar-refractivity contribution in [3.63, 3.8) is 0 Å². The van der Waals surface area contributed by atoms with Gasteiger partial charge in [-0.1, -0.05) is 25.8 Å². The first-order valence-corrected chi connectivity index (χ1v) is 9.44. The standard InChI is InChI=1S/C15H22N2O3.C5H13N/c1-12(2)6-4-3-5-10-16-13(18)9-11-17-14(19)7-8-15(17)20;1-4-6(3)5-2/h7-8H,1,3-6,9-11H2,2H3,(H,16,18);4-5H2,1-3H3. The van der Waals surface area contributed by atoms with Crippen molar-refractivity contribution in [1.29, 1.82) is 0 Å². The number of nitrogens with one attached hydrogen (secondary N) is 1. The van der Waals surface area contributed by atoms with Gasteiger partial charge in [-0.25, -0.2) is 0 Å². The van der Waals surface area contributed by atoms with Crippen molar-refractivity contribution in [2.45, 2.75) is 52.9 Å². The van der Waals surface area contributed by atoms with Gasteiger partial charge in [0.25, 0.3) is 11.8 Å². The van der Waals surface area contributed by atoms with Crippen molar-refractivity contribution >= 4 is 17.7 Å². The van der Waals surface area contributed by atoms with Crippen LogP contribution in [0.4, 0.5) is 0 Å². The Balaban J connectivity index is 0.000000896. The Morgan fingerprint density at radius 1 is 1.08 bits per heavy atom. The molecular formula is C20H35N3O3. The van der Waals surface area contributed by atoms with E-state index >= 15 is 0 Å². The van der Waals surface area contributed by atoms with E-state index in [2.05, 4.69) is 37.7 Å². The van der Waals surface area contributed by atoms with E-state index in [0.29, 0.717) is 6.54 Å². The van der Waals surface area contributed by atoms with E-state index in [0.717, 1.165) is 43.7 Å². The van der Waals surface area contributed by atoms with Crippen LogP contribution in [0.3, 0.4) is 0 Å². The zero-order valence-corrected chi connectivity index (χ0v) is 16.8. The third-order valence-electron chi connectivity index (χ3n) is 4.15. The summed E-state index contributed by atoms with van der Waals surface area (Å²) in [4.78, 5) is 37.4. The molecule has 0 unspecified atom stereocenters. The molecule has 6 nitrogen and oxygen atoms in total. The summed E-state index contributed by atoms with van der Waals surface area (Å²) < 4.78 is 0. The molecule has 3 amide bonds. The maximum Gasteiger partial charge on any atom is 0.253 e. The molecule has 0 aromatic rings. The van der Waals surface area contributed by atoms with Crippen LogP contribution in [0.5, 0.6) is 0 Å². The summed E-state index contributed by atoms with van der Waals surface area (Å²) >= 11 is 0. The van der Waals surface area contributed by atoms with E-state index < -0.39 is 0 Å². The number of allylic oxidation sites excluding steroid dienone is 1. The first kappa shape index (κ1) is 24.1. The monoisotopic (exact) mass is 365 g/mol. The molecule has 0 bridgehead atoms. The molecule has 1 aliphatic heterocycles. The molecule has 0 radical (unpaired) electrons. The van der Waals surface area contributed by atoms with E-state index in [-0.39, 0.29) is 30.7 Å². The van der Waals surface area contributed by atoms with Gasteiger partial charge >= 0.3 is 0 Å². The SMILES string of the molecule is C=C(C)CCCCCNC(=O)CCN1C(=O)C=CC1=O.CCN(C)CC. The molecule has 0 aromatic carbocycles. The topological polar surface area (TPSA) is 69.7 Å². The second kappa shape index (κ2) is 14.2. The number of unbranched alkanes of at least 4 members (excludes halogenated alkanes) is 2. The van der Waals surface area contributed by atoms with Gasteiger partial charge in [-0.05, 0) is 46.3 Å². The first-order chi connectivity index (χ1) is 12.3. The van der Waals surface area contributed by atoms with Gasteiger partial charge in [-0.2, -0.15) is 0 Å². The number of carbonyl (C=O) groups excluding carboxylic acids is 3. The van der Waals surface area contributed by atoms with Crippen LogP contribution >= 0.6 is 0 Å². The van der Waals surface area contributed by atoms with Crippen molar-refractivity contribution in [2.75, 3.05) is 33.2 Å². The van der Waals surface area contributed by atoms with Gasteiger partial charge in [-0.15, -0.1) is 6.58 Å². The second-order valence-corrected chi connectivity index (χ2v) is 6.52. The summed E-state index contributed by atoms with van der Waals surface area (Å²) in [5.41, 5.74) is 1.18. The minimum atomic E-state index is -0.345. The zero-order chi connectivity index (χ0) is 19.9. The fourth-order valence-electron chi connectivity index (χ4n) is 2.13. The van der Waals surface area contributed by atoms with Crippen LogP contribution in [0.2, 0.25) is 0 Å². The van der Waals surface area contributed by atoms with Crippen molar-refractivity contribution in [1.82, 2.24) is 15.1 Å². The lowest BCUT2D eigenvalue weighted by molar-refractivity contribution is -0.137. The van der Waals surface area contributed by atoms with Crippen LogP contribution in [0.1, 0.15) is 52.9 Å². The number of hydrogen-bond acceptors (Lipinski definition) is 4. The average Bonchev–Trinajstić information content (AvgIpc) is 2.93. The van der Waals surface area contributed by atoms with Crippen molar-refractivity contribution in [3.8, 4) is 0 Å². The van der Waals surface area contributed by atoms with E-state index in [1.165, 1.54) is 17.7 Å². The van der Waals surface area contributed by atoms with Crippen LogP contribution in [0.15, 0.2) is 24.3 Å². The Kier molecular flexibility index (Phi) is 13.2. The van der Waals surface area contributed by atoms with Gasteiger partial charge in [0, 0.05) is 31.7 Å². The van der Waals surface area contributed by atoms with Crippen LogP contribution in [0.25, 0.3) is 0 Å². The number of carbonyl (C=O) groups is 3. The van der Waals surface area contributed by atoms with Gasteiger partial charge < -0.3 is 10.2 Å². The molecular weight excluding hydrogens is 330 g/mol. The molecule has 0 atom stereocenters. The Hall–Kier alpha value is -1.95. The fraction of sp³-hybridized carbons (Fsp3) is 0.650. The summed E-state index contributed by atoms with van der Waals surface area (Å²) in [6.45, 7) is 13.3. The Labute approximate surface area is 158 Å². The molecule has 6 heteroatoms. The minimum absolute atomic E-state index is 0.127. The van der Waals surface area contributed by atoms with Gasteiger partial charge in [0.2, 0.25) is 5.91 Å². The maximum absolute atomic E-state index is 11.6. The number of amides is 3. The summed E-state index contributed by atoms with van der Waals surface area (Å²) in [5, 5.41) is 2.79. The third-order valence-corrected chi connectivity index (χ3v) is 4.15. The van der Waals surface area contributed by atoms with Crippen molar-refractivity contribution < 1.29 is 14.4 Å². The summed E-state index contributed by atoms with van der Waals surface area (Å²) in [5.74, 6) is -0.817. The van der Waals surface area contributed by atoms with Gasteiger partial charge in [-0.3, -0.25) is 19.3 Å². The molecule has 0 saturated heterocycles. The van der Waals surface area contributed by atoms with E-state index in [1.54, 1.807) is 0 Å². The molecule has 0 spiro atoms.